The van der Waals surface area contributed by atoms with Gasteiger partial charge >= 0.3 is 0 Å². The minimum absolute atomic E-state index is 0.209. The van der Waals surface area contributed by atoms with Crippen molar-refractivity contribution in [2.75, 3.05) is 12.4 Å². The minimum Gasteiger partial charge on any atom is -0.385 e. The van der Waals surface area contributed by atoms with E-state index in [1.54, 1.807) is 13.1 Å². The summed E-state index contributed by atoms with van der Waals surface area (Å²) in [5.74, 6) is -0.749. The zero-order valence-electron chi connectivity index (χ0n) is 10.9. The van der Waals surface area contributed by atoms with Crippen molar-refractivity contribution in [2.45, 2.75) is 6.54 Å². The van der Waals surface area contributed by atoms with Crippen LogP contribution in [0.1, 0.15) is 15.9 Å². The van der Waals surface area contributed by atoms with Crippen LogP contribution in [0.25, 0.3) is 0 Å². The molecule has 3 nitrogen and oxygen atoms in total. The summed E-state index contributed by atoms with van der Waals surface area (Å²) >= 11 is 3.35. The van der Waals surface area contributed by atoms with Gasteiger partial charge in [-0.15, -0.1) is 0 Å². The van der Waals surface area contributed by atoms with Crippen LogP contribution >= 0.6 is 15.9 Å². The van der Waals surface area contributed by atoms with Gasteiger partial charge in [0, 0.05) is 18.1 Å². The van der Waals surface area contributed by atoms with Crippen LogP contribution in [0.4, 0.5) is 10.1 Å². The number of hydrogen-bond donors (Lipinski definition) is 2. The maximum Gasteiger partial charge on any atom is 0.253 e. The monoisotopic (exact) mass is 336 g/mol. The molecule has 0 saturated heterocycles. The molecule has 2 N–H and O–H groups in total. The second-order valence-electron chi connectivity index (χ2n) is 4.22. The summed E-state index contributed by atoms with van der Waals surface area (Å²) in [7, 11) is 1.59. The van der Waals surface area contributed by atoms with Gasteiger partial charge in [-0.2, -0.15) is 0 Å². The fourth-order valence-electron chi connectivity index (χ4n) is 1.85. The van der Waals surface area contributed by atoms with Crippen molar-refractivity contribution in [3.63, 3.8) is 0 Å². The summed E-state index contributed by atoms with van der Waals surface area (Å²) in [6.07, 6.45) is 0. The van der Waals surface area contributed by atoms with Crippen molar-refractivity contribution < 1.29 is 9.18 Å². The van der Waals surface area contributed by atoms with Gasteiger partial charge in [-0.05, 0) is 29.8 Å². The number of halogens is 2. The molecule has 0 unspecified atom stereocenters. The lowest BCUT2D eigenvalue weighted by molar-refractivity contribution is 0.0951. The Labute approximate surface area is 125 Å². The van der Waals surface area contributed by atoms with E-state index in [1.165, 1.54) is 12.1 Å². The molecule has 0 saturated carbocycles. The standard InChI is InChI=1S/C15H14BrFN2O/c1-18-14-12(3-2-4-13(14)17)15(20)19-9-10-5-7-11(16)8-6-10/h2-8,18H,9H2,1H3,(H,19,20). The Morgan fingerprint density at radius 1 is 1.20 bits per heavy atom. The van der Waals surface area contributed by atoms with Gasteiger partial charge in [0.2, 0.25) is 0 Å². The second-order valence-corrected chi connectivity index (χ2v) is 5.14. The Kier molecular flexibility index (Phi) is 4.74. The summed E-state index contributed by atoms with van der Waals surface area (Å²) in [6.45, 7) is 0.395. The third kappa shape index (κ3) is 3.36. The molecule has 2 aromatic rings. The van der Waals surface area contributed by atoms with E-state index in [4.69, 9.17) is 0 Å². The molecule has 0 heterocycles. The first kappa shape index (κ1) is 14.5. The Morgan fingerprint density at radius 3 is 2.55 bits per heavy atom. The summed E-state index contributed by atoms with van der Waals surface area (Å²) < 4.78 is 14.6. The van der Waals surface area contributed by atoms with E-state index in [1.807, 2.05) is 24.3 Å². The molecular formula is C15H14BrFN2O. The second kappa shape index (κ2) is 6.52. The molecule has 0 atom stereocenters. The molecule has 0 bridgehead atoms. The average Bonchev–Trinajstić information content (AvgIpc) is 2.46. The number of benzene rings is 2. The summed E-state index contributed by atoms with van der Waals surface area (Å²) in [6, 6.07) is 12.1. The van der Waals surface area contributed by atoms with E-state index < -0.39 is 5.82 Å². The van der Waals surface area contributed by atoms with Gasteiger partial charge in [-0.25, -0.2) is 4.39 Å². The van der Waals surface area contributed by atoms with E-state index in [2.05, 4.69) is 26.6 Å². The van der Waals surface area contributed by atoms with Crippen LogP contribution in [-0.2, 0) is 6.54 Å². The molecule has 104 valence electrons. The van der Waals surface area contributed by atoms with Crippen molar-refractivity contribution in [2.24, 2.45) is 0 Å². The fourth-order valence-corrected chi connectivity index (χ4v) is 2.11. The molecule has 0 spiro atoms. The molecular weight excluding hydrogens is 323 g/mol. The maximum absolute atomic E-state index is 13.6. The van der Waals surface area contributed by atoms with Gasteiger partial charge < -0.3 is 10.6 Å². The zero-order valence-corrected chi connectivity index (χ0v) is 12.5. The molecule has 0 fully saturated rings. The normalized spacial score (nSPS) is 10.2. The third-order valence-corrected chi connectivity index (χ3v) is 3.40. The molecule has 1 amide bonds. The third-order valence-electron chi connectivity index (χ3n) is 2.87. The van der Waals surface area contributed by atoms with Crippen molar-refractivity contribution in [3.8, 4) is 0 Å². The van der Waals surface area contributed by atoms with Crippen LogP contribution in [0, 0.1) is 5.82 Å². The van der Waals surface area contributed by atoms with E-state index in [0.29, 0.717) is 12.1 Å². The first-order valence-electron chi connectivity index (χ1n) is 6.10. The highest BCUT2D eigenvalue weighted by Crippen LogP contribution is 2.19. The first-order valence-corrected chi connectivity index (χ1v) is 6.90. The molecule has 0 aromatic heterocycles. The van der Waals surface area contributed by atoms with Gasteiger partial charge in [0.05, 0.1) is 11.3 Å². The first-order chi connectivity index (χ1) is 9.61. The maximum atomic E-state index is 13.6. The van der Waals surface area contributed by atoms with Crippen molar-refractivity contribution in [1.29, 1.82) is 0 Å². The lowest BCUT2D eigenvalue weighted by Crippen LogP contribution is -2.24. The summed E-state index contributed by atoms with van der Waals surface area (Å²) in [5.41, 5.74) is 1.48. The number of nitrogens with one attached hydrogen (secondary N) is 2. The van der Waals surface area contributed by atoms with E-state index in [0.717, 1.165) is 10.0 Å². The van der Waals surface area contributed by atoms with Crippen LogP contribution in [-0.4, -0.2) is 13.0 Å². The highest BCUT2D eigenvalue weighted by molar-refractivity contribution is 9.10. The zero-order chi connectivity index (χ0) is 14.5. The van der Waals surface area contributed by atoms with Crippen LogP contribution < -0.4 is 10.6 Å². The number of carbonyl (C=O) groups is 1. The molecule has 0 radical (unpaired) electrons. The largest absolute Gasteiger partial charge is 0.385 e. The quantitative estimate of drug-likeness (QED) is 0.896. The number of anilines is 1. The molecule has 0 aliphatic carbocycles. The predicted octanol–water partition coefficient (Wildman–Crippen LogP) is 3.56. The van der Waals surface area contributed by atoms with Crippen LogP contribution in [0.15, 0.2) is 46.9 Å². The number of amides is 1. The lowest BCUT2D eigenvalue weighted by Gasteiger charge is -2.10. The molecule has 5 heteroatoms. The number of para-hydroxylation sites is 1. The molecule has 20 heavy (non-hydrogen) atoms. The lowest BCUT2D eigenvalue weighted by atomic mass is 10.1. The van der Waals surface area contributed by atoms with Crippen molar-refractivity contribution in [3.05, 3.63) is 63.9 Å². The topological polar surface area (TPSA) is 41.1 Å². The number of carbonyl (C=O) groups excluding carboxylic acids is 1. The predicted molar refractivity (Wildman–Crippen MR) is 81.3 cm³/mol. The SMILES string of the molecule is CNc1c(F)cccc1C(=O)NCc1ccc(Br)cc1. The summed E-state index contributed by atoms with van der Waals surface area (Å²) in [4.78, 5) is 12.1. The van der Waals surface area contributed by atoms with E-state index >= 15 is 0 Å². The van der Waals surface area contributed by atoms with E-state index in [-0.39, 0.29) is 11.6 Å². The van der Waals surface area contributed by atoms with Crippen molar-refractivity contribution >= 4 is 27.5 Å². The Hall–Kier alpha value is -1.88. The number of rotatable bonds is 4. The van der Waals surface area contributed by atoms with Crippen molar-refractivity contribution in [1.82, 2.24) is 5.32 Å². The van der Waals surface area contributed by atoms with Crippen LogP contribution in [0.2, 0.25) is 0 Å². The molecule has 0 aliphatic heterocycles. The highest BCUT2D eigenvalue weighted by Gasteiger charge is 2.13. The van der Waals surface area contributed by atoms with Gasteiger partial charge in [0.1, 0.15) is 5.82 Å². The van der Waals surface area contributed by atoms with Gasteiger partial charge in [0.25, 0.3) is 5.91 Å². The van der Waals surface area contributed by atoms with E-state index in [9.17, 15) is 9.18 Å². The minimum atomic E-state index is -0.441. The van der Waals surface area contributed by atoms with Gasteiger partial charge in [-0.3, -0.25) is 4.79 Å². The van der Waals surface area contributed by atoms with Crippen LogP contribution in [0.3, 0.4) is 0 Å². The Bertz CT molecular complexity index is 614. The molecule has 2 rings (SSSR count). The Balaban J connectivity index is 2.09. The van der Waals surface area contributed by atoms with Gasteiger partial charge in [-0.1, -0.05) is 34.1 Å². The number of hydrogen-bond acceptors (Lipinski definition) is 2. The summed E-state index contributed by atoms with van der Waals surface area (Å²) in [5, 5.41) is 5.48. The molecule has 2 aromatic carbocycles. The van der Waals surface area contributed by atoms with Gasteiger partial charge in [0.15, 0.2) is 0 Å². The van der Waals surface area contributed by atoms with Crippen LogP contribution in [0.5, 0.6) is 0 Å². The average molecular weight is 337 g/mol. The smallest absolute Gasteiger partial charge is 0.253 e. The highest BCUT2D eigenvalue weighted by atomic mass is 79.9. The fraction of sp³-hybridized carbons (Fsp3) is 0.133. The molecule has 0 aliphatic rings. The Morgan fingerprint density at radius 2 is 1.90 bits per heavy atom.